The van der Waals surface area contributed by atoms with Gasteiger partial charge in [-0.1, -0.05) is 51.5 Å². The van der Waals surface area contributed by atoms with Crippen molar-refractivity contribution >= 4 is 97.9 Å². The van der Waals surface area contributed by atoms with Crippen molar-refractivity contribution in [3.8, 4) is 28.7 Å². The molecule has 82 heavy (non-hydrogen) atoms. The molecular formula is C61H67BrN8O12. The van der Waals surface area contributed by atoms with E-state index in [0.29, 0.717) is 89.7 Å². The van der Waals surface area contributed by atoms with Crippen LogP contribution in [0, 0.1) is 5.92 Å². The van der Waals surface area contributed by atoms with Crippen LogP contribution < -0.4 is 39.6 Å². The maximum absolute atomic E-state index is 14.1. The van der Waals surface area contributed by atoms with Crippen molar-refractivity contribution in [3.63, 3.8) is 0 Å². The molecule has 0 unspecified atom stereocenters. The van der Waals surface area contributed by atoms with Crippen molar-refractivity contribution < 1.29 is 57.2 Å². The maximum Gasteiger partial charge on any atom is 0.267 e. The van der Waals surface area contributed by atoms with Crippen LogP contribution in [0.25, 0.3) is 11.1 Å². The number of nitrogens with one attached hydrogen (secondary N) is 3. The summed E-state index contributed by atoms with van der Waals surface area (Å²) in [4.78, 5) is 105. The number of rotatable bonds is 25. The van der Waals surface area contributed by atoms with Crippen LogP contribution in [0.15, 0.2) is 106 Å². The van der Waals surface area contributed by atoms with E-state index in [1.165, 1.54) is 20.3 Å². The molecule has 4 aliphatic heterocycles. The first kappa shape index (κ1) is 59.5. The third-order valence-electron chi connectivity index (χ3n) is 14.2. The molecule has 0 radical (unpaired) electrons. The second kappa shape index (κ2) is 27.2. The van der Waals surface area contributed by atoms with Gasteiger partial charge in [0.15, 0.2) is 23.0 Å². The third kappa shape index (κ3) is 14.1. The Hall–Kier alpha value is -8.59. The molecule has 8 rings (SSSR count). The summed E-state index contributed by atoms with van der Waals surface area (Å²) in [5.74, 6) is -0.434. The summed E-state index contributed by atoms with van der Waals surface area (Å²) >= 11 is 3.08. The summed E-state index contributed by atoms with van der Waals surface area (Å²) in [7, 11) is 4.64. The monoisotopic (exact) mass is 1180 g/mol. The number of hydrogen-bond acceptors (Lipinski definition) is 14. The molecule has 0 aliphatic carbocycles. The van der Waals surface area contributed by atoms with E-state index >= 15 is 0 Å². The fourth-order valence-corrected chi connectivity index (χ4v) is 10.0. The Labute approximate surface area is 484 Å². The zero-order chi connectivity index (χ0) is 58.6. The third-order valence-corrected chi connectivity index (χ3v) is 14.8. The normalized spacial score (nSPS) is 16.3. The van der Waals surface area contributed by atoms with E-state index in [1.807, 2.05) is 49.5 Å². The Balaban J connectivity index is 0.807. The lowest BCUT2D eigenvalue weighted by Gasteiger charge is -2.24. The lowest BCUT2D eigenvalue weighted by molar-refractivity contribution is -0.137. The lowest BCUT2D eigenvalue weighted by Crippen LogP contribution is -2.53. The zero-order valence-electron chi connectivity index (χ0n) is 46.9. The van der Waals surface area contributed by atoms with Gasteiger partial charge < -0.3 is 49.4 Å². The Kier molecular flexibility index (Phi) is 19.8. The number of benzene rings is 4. The highest BCUT2D eigenvalue weighted by Crippen LogP contribution is 2.41. The number of unbranched alkanes of at least 4 members (excludes halogenated alkanes) is 2. The summed E-state index contributed by atoms with van der Waals surface area (Å²) in [5.41, 5.74) is 5.82. The van der Waals surface area contributed by atoms with Crippen molar-refractivity contribution in [2.75, 3.05) is 52.9 Å². The molecule has 7 amide bonds. The first-order chi connectivity index (χ1) is 39.5. The van der Waals surface area contributed by atoms with E-state index in [0.717, 1.165) is 32.9 Å². The standard InChI is InChI=1S/C61H67BrN8O12/c1-8-38(39-14-18-42(19-15-39)66-57(73)37(4)65-58(74)56(36(2)3)67-54(71)13-10-9-11-23-69-55(72)30-47(62)61(69)77)34-68-24-22-63-48-31-52(50(79-6)28-45(48)59(68)75)81-25-12-26-82-53-32-49-46(29-51(53)80-7)60(76)70-35-41(27-43(70)33-64-49)40-16-20-44(78-5)21-17-40/h14-22,28-37,43,56H,8-13,23-27H2,1-7H3,(H,65,74)(H,66,73)(H,67,71)/b38-34+/t37-,43+,56-/m1/s1. The lowest BCUT2D eigenvalue weighted by atomic mass is 10.0. The summed E-state index contributed by atoms with van der Waals surface area (Å²) in [6.07, 6.45) is 11.8. The largest absolute Gasteiger partial charge is 0.497 e. The molecule has 0 spiro atoms. The molecule has 430 valence electrons. The number of halogens is 1. The van der Waals surface area contributed by atoms with Gasteiger partial charge in [-0.15, -0.1) is 0 Å². The van der Waals surface area contributed by atoms with Crippen molar-refractivity contribution in [3.05, 3.63) is 118 Å². The predicted molar refractivity (Wildman–Crippen MR) is 314 cm³/mol. The molecule has 3 N–H and O–H groups in total. The van der Waals surface area contributed by atoms with Crippen LogP contribution in [0.1, 0.15) is 104 Å². The number of aliphatic imine (C=N–C) groups is 2. The molecule has 21 heteroatoms. The fourth-order valence-electron chi connectivity index (χ4n) is 9.62. The maximum atomic E-state index is 14.1. The van der Waals surface area contributed by atoms with Gasteiger partial charge in [0.1, 0.15) is 17.8 Å². The number of fused-ring (bicyclic) bond motifs is 3. The molecule has 0 saturated heterocycles. The van der Waals surface area contributed by atoms with Crippen LogP contribution in [-0.4, -0.2) is 134 Å². The molecule has 4 aromatic carbocycles. The molecule has 0 aromatic heterocycles. The van der Waals surface area contributed by atoms with Crippen LogP contribution in [0.2, 0.25) is 0 Å². The predicted octanol–water partition coefficient (Wildman–Crippen LogP) is 8.93. The average Bonchev–Trinajstić information content (AvgIpc) is 4.09. The van der Waals surface area contributed by atoms with E-state index in [2.05, 4.69) is 36.9 Å². The molecule has 0 bridgehead atoms. The van der Waals surface area contributed by atoms with Crippen molar-refractivity contribution in [1.29, 1.82) is 0 Å². The number of amides is 7. The Bertz CT molecular complexity index is 3260. The number of hydrogen-bond donors (Lipinski definition) is 3. The summed E-state index contributed by atoms with van der Waals surface area (Å²) in [6, 6.07) is 19.5. The minimum atomic E-state index is -0.936. The molecule has 4 aliphatic rings. The number of anilines is 1. The van der Waals surface area contributed by atoms with Crippen molar-refractivity contribution in [2.24, 2.45) is 15.9 Å². The van der Waals surface area contributed by atoms with Crippen molar-refractivity contribution in [1.82, 2.24) is 25.3 Å². The highest BCUT2D eigenvalue weighted by Gasteiger charge is 2.34. The summed E-state index contributed by atoms with van der Waals surface area (Å²) in [5, 5.41) is 8.34. The molecule has 20 nitrogen and oxygen atoms in total. The van der Waals surface area contributed by atoms with Gasteiger partial charge in [0.25, 0.3) is 23.6 Å². The molecule has 4 heterocycles. The van der Waals surface area contributed by atoms with E-state index in [1.54, 1.807) is 92.7 Å². The van der Waals surface area contributed by atoms with Crippen LogP contribution in [-0.2, 0) is 24.0 Å². The van der Waals surface area contributed by atoms with Gasteiger partial charge in [0.2, 0.25) is 17.7 Å². The van der Waals surface area contributed by atoms with Crippen LogP contribution >= 0.6 is 15.9 Å². The van der Waals surface area contributed by atoms with Gasteiger partial charge in [0, 0.05) is 74.5 Å². The van der Waals surface area contributed by atoms with Gasteiger partial charge in [-0.2, -0.15) is 0 Å². The minimum absolute atomic E-state index is 0.150. The van der Waals surface area contributed by atoms with E-state index < -0.39 is 23.9 Å². The number of methoxy groups -OCH3 is 3. The number of nitrogens with zero attached hydrogens (tertiary/aromatic N) is 5. The highest BCUT2D eigenvalue weighted by molar-refractivity contribution is 9.12. The topological polar surface area (TPSA) is 236 Å². The smallest absolute Gasteiger partial charge is 0.267 e. The van der Waals surface area contributed by atoms with Gasteiger partial charge in [-0.05, 0) is 107 Å². The molecule has 0 saturated carbocycles. The van der Waals surface area contributed by atoms with Crippen LogP contribution in [0.4, 0.5) is 17.1 Å². The number of ether oxygens (including phenoxy) is 5. The second-order valence-corrected chi connectivity index (χ2v) is 21.1. The highest BCUT2D eigenvalue weighted by atomic mass is 79.9. The van der Waals surface area contributed by atoms with E-state index in [9.17, 15) is 33.6 Å². The summed E-state index contributed by atoms with van der Waals surface area (Å²) in [6.45, 7) is 8.06. The van der Waals surface area contributed by atoms with Crippen molar-refractivity contribution in [2.45, 2.75) is 90.8 Å². The second-order valence-electron chi connectivity index (χ2n) is 20.2. The first-order valence-electron chi connectivity index (χ1n) is 27.2. The molecule has 3 atom stereocenters. The molecule has 0 fully saturated rings. The van der Waals surface area contributed by atoms with E-state index in [-0.39, 0.29) is 78.7 Å². The van der Waals surface area contributed by atoms with Gasteiger partial charge >= 0.3 is 0 Å². The first-order valence-corrected chi connectivity index (χ1v) is 28.0. The van der Waals surface area contributed by atoms with E-state index in [4.69, 9.17) is 28.7 Å². The molecule has 4 aromatic rings. The average molecular weight is 1180 g/mol. The Morgan fingerprint density at radius 3 is 2.01 bits per heavy atom. The number of imide groups is 1. The SMILES string of the molecule is CC/C(=C\N1CC=Nc2cc(OCCCOc3cc4c(cc3OC)C(=O)N3C=C(c5ccc(OC)cc5)C[C@H]3C=N4)c(OC)cc2C1=O)c1ccc(NC(=O)[C@@H](C)NC(=O)[C@H](NC(=O)CCCCCN2C(=O)C=C(Br)C2=O)C(C)C)cc1. The van der Waals surface area contributed by atoms with Gasteiger partial charge in [0.05, 0.1) is 74.1 Å². The fraction of sp³-hybridized carbons (Fsp3) is 0.361. The van der Waals surface area contributed by atoms with Gasteiger partial charge in [-0.3, -0.25) is 48.4 Å². The summed E-state index contributed by atoms with van der Waals surface area (Å²) < 4.78 is 29.2. The minimum Gasteiger partial charge on any atom is -0.497 e. The van der Waals surface area contributed by atoms with Crippen LogP contribution in [0.3, 0.4) is 0 Å². The molecular weight excluding hydrogens is 1120 g/mol. The quantitative estimate of drug-likeness (QED) is 0.0417. The number of carbonyl (C=O) groups is 7. The Morgan fingerprint density at radius 2 is 1.40 bits per heavy atom. The zero-order valence-corrected chi connectivity index (χ0v) is 48.5. The number of allylic oxidation sites excluding steroid dienone is 1. The number of carbonyl (C=O) groups excluding carboxylic acids is 7. The Morgan fingerprint density at radius 1 is 0.744 bits per heavy atom. The van der Waals surface area contributed by atoms with Crippen LogP contribution in [0.5, 0.6) is 28.7 Å². The van der Waals surface area contributed by atoms with Gasteiger partial charge in [-0.25, -0.2) is 0 Å².